The fraction of sp³-hybridized carbons (Fsp3) is 1.00. The van der Waals surface area contributed by atoms with E-state index in [-0.39, 0.29) is 6.10 Å². The summed E-state index contributed by atoms with van der Waals surface area (Å²) in [7, 11) is 0. The highest BCUT2D eigenvalue weighted by Gasteiger charge is 2.09. The van der Waals surface area contributed by atoms with Crippen LogP contribution >= 0.6 is 0 Å². The quantitative estimate of drug-likeness (QED) is 0.630. The molecule has 0 spiro atoms. The molecule has 2 unspecified atom stereocenters. The molecule has 2 atom stereocenters. The second-order valence-electron chi connectivity index (χ2n) is 3.36. The maximum absolute atomic E-state index is 9.39. The minimum Gasteiger partial charge on any atom is -0.393 e. The maximum Gasteiger partial charge on any atom is 0.0540 e. The molecule has 0 aromatic carbocycles. The van der Waals surface area contributed by atoms with E-state index in [1.165, 1.54) is 19.3 Å². The topological polar surface area (TPSA) is 20.2 Å². The van der Waals surface area contributed by atoms with Crippen molar-refractivity contribution in [2.75, 3.05) is 0 Å². The van der Waals surface area contributed by atoms with Gasteiger partial charge >= 0.3 is 0 Å². The van der Waals surface area contributed by atoms with Crippen molar-refractivity contribution in [3.63, 3.8) is 0 Å². The van der Waals surface area contributed by atoms with E-state index in [9.17, 15) is 5.11 Å². The monoisotopic (exact) mass is 158 g/mol. The van der Waals surface area contributed by atoms with E-state index in [4.69, 9.17) is 0 Å². The van der Waals surface area contributed by atoms with Crippen LogP contribution in [0, 0.1) is 5.92 Å². The van der Waals surface area contributed by atoms with Crippen LogP contribution in [0.1, 0.15) is 52.9 Å². The molecule has 0 amide bonds. The first-order chi connectivity index (χ1) is 5.24. The van der Waals surface area contributed by atoms with Gasteiger partial charge in [-0.1, -0.05) is 40.0 Å². The van der Waals surface area contributed by atoms with Crippen molar-refractivity contribution < 1.29 is 5.11 Å². The summed E-state index contributed by atoms with van der Waals surface area (Å²) in [4.78, 5) is 0. The molecular weight excluding hydrogens is 136 g/mol. The zero-order chi connectivity index (χ0) is 8.69. The second kappa shape index (κ2) is 6.66. The first-order valence-electron chi connectivity index (χ1n) is 4.92. The predicted molar refractivity (Wildman–Crippen MR) is 49.6 cm³/mol. The van der Waals surface area contributed by atoms with E-state index in [1.54, 1.807) is 0 Å². The summed E-state index contributed by atoms with van der Waals surface area (Å²) in [5, 5.41) is 9.39. The molecule has 0 rings (SSSR count). The molecule has 1 heteroatoms. The smallest absolute Gasteiger partial charge is 0.0540 e. The van der Waals surface area contributed by atoms with E-state index in [1.807, 2.05) is 6.92 Å². The largest absolute Gasteiger partial charge is 0.393 e. The Bertz CT molecular complexity index is 80.9. The van der Waals surface area contributed by atoms with Gasteiger partial charge in [-0.05, 0) is 18.8 Å². The molecule has 0 heterocycles. The van der Waals surface area contributed by atoms with Gasteiger partial charge in [-0.2, -0.15) is 0 Å². The Morgan fingerprint density at radius 1 is 1.09 bits per heavy atom. The van der Waals surface area contributed by atoms with Crippen LogP contribution in [-0.2, 0) is 0 Å². The van der Waals surface area contributed by atoms with Crippen LogP contribution in [0.3, 0.4) is 0 Å². The van der Waals surface area contributed by atoms with Crippen molar-refractivity contribution in [1.82, 2.24) is 0 Å². The van der Waals surface area contributed by atoms with Gasteiger partial charge in [0, 0.05) is 0 Å². The van der Waals surface area contributed by atoms with Gasteiger partial charge in [0.25, 0.3) is 0 Å². The summed E-state index contributed by atoms with van der Waals surface area (Å²) in [6.45, 7) is 6.47. The zero-order valence-corrected chi connectivity index (χ0v) is 8.14. The van der Waals surface area contributed by atoms with Crippen molar-refractivity contribution in [1.29, 1.82) is 0 Å². The van der Waals surface area contributed by atoms with E-state index in [0.29, 0.717) is 0 Å². The number of aliphatic hydroxyl groups excluding tert-OH is 1. The van der Waals surface area contributed by atoms with Crippen LogP contribution < -0.4 is 0 Å². The first kappa shape index (κ1) is 11.0. The van der Waals surface area contributed by atoms with Crippen molar-refractivity contribution in [3.05, 3.63) is 0 Å². The van der Waals surface area contributed by atoms with E-state index in [0.717, 1.165) is 18.8 Å². The molecule has 0 aliphatic carbocycles. The van der Waals surface area contributed by atoms with Crippen molar-refractivity contribution in [2.45, 2.75) is 59.0 Å². The van der Waals surface area contributed by atoms with Gasteiger partial charge in [-0.25, -0.2) is 0 Å². The highest BCUT2D eigenvalue weighted by molar-refractivity contribution is 4.62. The Labute approximate surface area is 70.8 Å². The Balaban J connectivity index is 3.49. The van der Waals surface area contributed by atoms with Gasteiger partial charge in [0.05, 0.1) is 6.10 Å². The third kappa shape index (κ3) is 5.25. The van der Waals surface area contributed by atoms with Crippen LogP contribution in [0.5, 0.6) is 0 Å². The van der Waals surface area contributed by atoms with Gasteiger partial charge in [0.15, 0.2) is 0 Å². The highest BCUT2D eigenvalue weighted by Crippen LogP contribution is 2.18. The standard InChI is InChI=1S/C10H22O/c1-4-7-9(5-2)8-10(11)6-3/h9-11H,4-8H2,1-3H3. The molecule has 0 fully saturated rings. The molecule has 68 valence electrons. The second-order valence-corrected chi connectivity index (χ2v) is 3.36. The molecule has 0 saturated heterocycles. The molecule has 0 aliphatic rings. The third-order valence-electron chi connectivity index (χ3n) is 2.35. The summed E-state index contributed by atoms with van der Waals surface area (Å²) >= 11 is 0. The minimum atomic E-state index is -0.0634. The molecule has 11 heavy (non-hydrogen) atoms. The van der Waals surface area contributed by atoms with Gasteiger partial charge in [-0.15, -0.1) is 0 Å². The molecular formula is C10H22O. The summed E-state index contributed by atoms with van der Waals surface area (Å²) in [6.07, 6.45) is 5.57. The van der Waals surface area contributed by atoms with Crippen molar-refractivity contribution in [2.24, 2.45) is 5.92 Å². The number of rotatable bonds is 6. The molecule has 0 bridgehead atoms. The van der Waals surface area contributed by atoms with Crippen molar-refractivity contribution >= 4 is 0 Å². The van der Waals surface area contributed by atoms with Gasteiger partial charge in [0.2, 0.25) is 0 Å². The average molecular weight is 158 g/mol. The normalized spacial score (nSPS) is 16.4. The fourth-order valence-corrected chi connectivity index (χ4v) is 1.45. The Kier molecular flexibility index (Phi) is 6.63. The van der Waals surface area contributed by atoms with E-state index >= 15 is 0 Å². The highest BCUT2D eigenvalue weighted by atomic mass is 16.3. The Morgan fingerprint density at radius 2 is 1.73 bits per heavy atom. The third-order valence-corrected chi connectivity index (χ3v) is 2.35. The Morgan fingerprint density at radius 3 is 2.09 bits per heavy atom. The maximum atomic E-state index is 9.39. The molecule has 0 aromatic rings. The van der Waals surface area contributed by atoms with Crippen molar-refractivity contribution in [3.8, 4) is 0 Å². The minimum absolute atomic E-state index is 0.0634. The molecule has 0 aromatic heterocycles. The average Bonchev–Trinajstić information content (AvgIpc) is 2.03. The first-order valence-corrected chi connectivity index (χ1v) is 4.92. The SMILES string of the molecule is CCCC(CC)CC(O)CC. The van der Waals surface area contributed by atoms with Crippen LogP contribution in [0.2, 0.25) is 0 Å². The lowest BCUT2D eigenvalue weighted by Gasteiger charge is -2.16. The fourth-order valence-electron chi connectivity index (χ4n) is 1.45. The summed E-state index contributed by atoms with van der Waals surface area (Å²) in [6, 6.07) is 0. The predicted octanol–water partition coefficient (Wildman–Crippen LogP) is 2.97. The molecule has 0 aliphatic heterocycles. The van der Waals surface area contributed by atoms with Gasteiger partial charge in [-0.3, -0.25) is 0 Å². The molecule has 1 nitrogen and oxygen atoms in total. The number of aliphatic hydroxyl groups is 1. The van der Waals surface area contributed by atoms with Crippen LogP contribution in [0.25, 0.3) is 0 Å². The van der Waals surface area contributed by atoms with Gasteiger partial charge in [0.1, 0.15) is 0 Å². The lowest BCUT2D eigenvalue weighted by atomic mass is 9.93. The van der Waals surface area contributed by atoms with E-state index < -0.39 is 0 Å². The number of hydrogen-bond donors (Lipinski definition) is 1. The lowest BCUT2D eigenvalue weighted by molar-refractivity contribution is 0.134. The number of hydrogen-bond acceptors (Lipinski definition) is 1. The summed E-state index contributed by atoms with van der Waals surface area (Å²) in [5.74, 6) is 0.745. The summed E-state index contributed by atoms with van der Waals surface area (Å²) in [5.41, 5.74) is 0. The van der Waals surface area contributed by atoms with Crippen LogP contribution in [0.15, 0.2) is 0 Å². The molecule has 1 N–H and O–H groups in total. The molecule has 0 radical (unpaired) electrons. The zero-order valence-electron chi connectivity index (χ0n) is 8.14. The Hall–Kier alpha value is -0.0400. The van der Waals surface area contributed by atoms with E-state index in [2.05, 4.69) is 13.8 Å². The van der Waals surface area contributed by atoms with Crippen LogP contribution in [-0.4, -0.2) is 11.2 Å². The van der Waals surface area contributed by atoms with Gasteiger partial charge < -0.3 is 5.11 Å². The summed E-state index contributed by atoms with van der Waals surface area (Å²) < 4.78 is 0. The van der Waals surface area contributed by atoms with Crippen LogP contribution in [0.4, 0.5) is 0 Å². The molecule has 0 saturated carbocycles. The lowest BCUT2D eigenvalue weighted by Crippen LogP contribution is -2.11.